The standard InChI is InChI=1S/C24H24N4O3S/c1-5-17(3)13-20(6-2)32(29,30)27-24-23-21(11-8-12-22(23)31-4)28(26-24)16-19-10-7-9-18(14-19)15-25/h5-14H,1,16H2,2-4H3,(H,26,27)/b17-13-,20-6+. The summed E-state index contributed by atoms with van der Waals surface area (Å²) in [5, 5.41) is 14.3. The van der Waals surface area contributed by atoms with Gasteiger partial charge in [-0.15, -0.1) is 0 Å². The Morgan fingerprint density at radius 3 is 2.72 bits per heavy atom. The molecule has 0 spiro atoms. The van der Waals surface area contributed by atoms with E-state index >= 15 is 0 Å². The highest BCUT2D eigenvalue weighted by atomic mass is 32.2. The molecule has 0 aliphatic rings. The first-order valence-corrected chi connectivity index (χ1v) is 11.3. The van der Waals surface area contributed by atoms with Crippen LogP contribution in [0.3, 0.4) is 0 Å². The molecular weight excluding hydrogens is 424 g/mol. The lowest BCUT2D eigenvalue weighted by Gasteiger charge is -2.08. The van der Waals surface area contributed by atoms with E-state index in [1.54, 1.807) is 54.9 Å². The molecule has 2 aromatic carbocycles. The third-order valence-corrected chi connectivity index (χ3v) is 6.30. The number of rotatable bonds is 8. The van der Waals surface area contributed by atoms with Gasteiger partial charge in [-0.1, -0.05) is 42.5 Å². The molecule has 0 saturated heterocycles. The number of nitrogens with zero attached hydrogens (tertiary/aromatic N) is 3. The summed E-state index contributed by atoms with van der Waals surface area (Å²) >= 11 is 0. The molecule has 0 fully saturated rings. The molecule has 0 aliphatic heterocycles. The van der Waals surface area contributed by atoms with E-state index in [0.717, 1.165) is 5.56 Å². The van der Waals surface area contributed by atoms with Gasteiger partial charge in [-0.25, -0.2) is 8.42 Å². The molecule has 0 bridgehead atoms. The van der Waals surface area contributed by atoms with Crippen LogP contribution in [0, 0.1) is 11.3 Å². The van der Waals surface area contributed by atoms with Crippen LogP contribution in [-0.4, -0.2) is 25.3 Å². The van der Waals surface area contributed by atoms with Crippen molar-refractivity contribution in [1.29, 1.82) is 5.26 Å². The van der Waals surface area contributed by atoms with E-state index in [1.165, 1.54) is 13.2 Å². The molecule has 7 nitrogen and oxygen atoms in total. The quantitative estimate of drug-likeness (QED) is 0.502. The van der Waals surface area contributed by atoms with Gasteiger partial charge in [0, 0.05) is 0 Å². The van der Waals surface area contributed by atoms with Crippen LogP contribution in [0.2, 0.25) is 0 Å². The van der Waals surface area contributed by atoms with Crippen LogP contribution >= 0.6 is 0 Å². The molecule has 3 aromatic rings. The Balaban J connectivity index is 2.11. The largest absolute Gasteiger partial charge is 0.496 e. The van der Waals surface area contributed by atoms with E-state index in [0.29, 0.717) is 34.3 Å². The molecule has 0 amide bonds. The Hall–Kier alpha value is -3.83. The van der Waals surface area contributed by atoms with Crippen LogP contribution in [0.15, 0.2) is 77.7 Å². The van der Waals surface area contributed by atoms with Crippen molar-refractivity contribution in [2.75, 3.05) is 11.8 Å². The van der Waals surface area contributed by atoms with E-state index in [1.807, 2.05) is 18.2 Å². The van der Waals surface area contributed by atoms with Crippen LogP contribution in [0.5, 0.6) is 5.75 Å². The number of ether oxygens (including phenoxy) is 1. The maximum atomic E-state index is 13.1. The molecule has 32 heavy (non-hydrogen) atoms. The Labute approximate surface area is 188 Å². The number of fused-ring (bicyclic) bond motifs is 1. The van der Waals surface area contributed by atoms with E-state index in [4.69, 9.17) is 4.74 Å². The summed E-state index contributed by atoms with van der Waals surface area (Å²) in [5.74, 6) is 0.662. The van der Waals surface area contributed by atoms with Gasteiger partial charge in [0.2, 0.25) is 0 Å². The Kier molecular flexibility index (Phi) is 6.81. The monoisotopic (exact) mass is 448 g/mol. The van der Waals surface area contributed by atoms with Crippen LogP contribution in [0.1, 0.15) is 25.0 Å². The van der Waals surface area contributed by atoms with Gasteiger partial charge >= 0.3 is 0 Å². The molecule has 8 heteroatoms. The fourth-order valence-electron chi connectivity index (χ4n) is 3.26. The first kappa shape index (κ1) is 22.8. The zero-order chi connectivity index (χ0) is 23.3. The number of benzene rings is 2. The molecule has 0 unspecified atom stereocenters. The van der Waals surface area contributed by atoms with E-state index in [9.17, 15) is 13.7 Å². The molecule has 1 aromatic heterocycles. The molecule has 3 rings (SSSR count). The Morgan fingerprint density at radius 2 is 2.06 bits per heavy atom. The minimum atomic E-state index is -3.90. The molecule has 0 radical (unpaired) electrons. The highest BCUT2D eigenvalue weighted by Crippen LogP contribution is 2.33. The van der Waals surface area contributed by atoms with E-state index in [2.05, 4.69) is 22.5 Å². The number of hydrogen-bond donors (Lipinski definition) is 1. The van der Waals surface area contributed by atoms with Gasteiger partial charge in [-0.05, 0) is 49.8 Å². The Morgan fingerprint density at radius 1 is 1.31 bits per heavy atom. The van der Waals surface area contributed by atoms with E-state index < -0.39 is 10.0 Å². The predicted molar refractivity (Wildman–Crippen MR) is 127 cm³/mol. The van der Waals surface area contributed by atoms with Crippen LogP contribution in [0.4, 0.5) is 5.82 Å². The third kappa shape index (κ3) is 4.74. The summed E-state index contributed by atoms with van der Waals surface area (Å²) in [4.78, 5) is 0.106. The molecule has 0 saturated carbocycles. The summed E-state index contributed by atoms with van der Waals surface area (Å²) in [7, 11) is -2.38. The minimum Gasteiger partial charge on any atom is -0.496 e. The number of nitrogens with one attached hydrogen (secondary N) is 1. The maximum absolute atomic E-state index is 13.1. The molecule has 0 aliphatic carbocycles. The molecule has 1 heterocycles. The summed E-state index contributed by atoms with van der Waals surface area (Å²) in [6.45, 7) is 7.45. The lowest BCUT2D eigenvalue weighted by Crippen LogP contribution is -2.15. The number of nitriles is 1. The fourth-order valence-corrected chi connectivity index (χ4v) is 4.42. The van der Waals surface area contributed by atoms with Crippen molar-refractivity contribution in [2.45, 2.75) is 20.4 Å². The summed E-state index contributed by atoms with van der Waals surface area (Å²) in [5.41, 5.74) is 2.82. The van der Waals surface area contributed by atoms with Crippen molar-refractivity contribution in [3.8, 4) is 11.8 Å². The van der Waals surface area contributed by atoms with Gasteiger partial charge < -0.3 is 4.74 Å². The SMILES string of the molecule is C=C/C(C)=C\C(=C/C)S(=O)(=O)Nc1nn(Cc2cccc(C#N)c2)c2cccc(OC)c12. The zero-order valence-electron chi connectivity index (χ0n) is 18.2. The lowest BCUT2D eigenvalue weighted by atomic mass is 10.1. The number of hydrogen-bond acceptors (Lipinski definition) is 5. The molecule has 1 N–H and O–H groups in total. The molecule has 164 valence electrons. The maximum Gasteiger partial charge on any atom is 0.262 e. The van der Waals surface area contributed by atoms with Crippen molar-refractivity contribution in [1.82, 2.24) is 9.78 Å². The molecule has 0 atom stereocenters. The second kappa shape index (κ2) is 9.54. The minimum absolute atomic E-state index is 0.106. The average molecular weight is 449 g/mol. The predicted octanol–water partition coefficient (Wildman–Crippen LogP) is 4.74. The Bertz CT molecular complexity index is 1380. The van der Waals surface area contributed by atoms with Gasteiger partial charge in [0.1, 0.15) is 5.75 Å². The first-order valence-electron chi connectivity index (χ1n) is 9.85. The van der Waals surface area contributed by atoms with Crippen molar-refractivity contribution in [2.24, 2.45) is 0 Å². The fraction of sp³-hybridized carbons (Fsp3) is 0.167. The topological polar surface area (TPSA) is 97.0 Å². The third-order valence-electron chi connectivity index (χ3n) is 4.87. The van der Waals surface area contributed by atoms with Crippen molar-refractivity contribution in [3.63, 3.8) is 0 Å². The number of aromatic nitrogens is 2. The van der Waals surface area contributed by atoms with Crippen molar-refractivity contribution >= 4 is 26.7 Å². The van der Waals surface area contributed by atoms with Crippen molar-refractivity contribution < 1.29 is 13.2 Å². The van der Waals surface area contributed by atoms with Crippen LogP contribution in [0.25, 0.3) is 10.9 Å². The number of anilines is 1. The second-order valence-electron chi connectivity index (χ2n) is 7.06. The average Bonchev–Trinajstić information content (AvgIpc) is 3.13. The molecular formula is C24H24N4O3S. The number of sulfonamides is 1. The van der Waals surface area contributed by atoms with Gasteiger partial charge in [0.05, 0.1) is 41.1 Å². The first-order chi connectivity index (χ1) is 15.3. The number of methoxy groups -OCH3 is 1. The van der Waals surface area contributed by atoms with Crippen LogP contribution in [-0.2, 0) is 16.6 Å². The van der Waals surface area contributed by atoms with Crippen LogP contribution < -0.4 is 9.46 Å². The second-order valence-corrected chi connectivity index (χ2v) is 8.74. The highest BCUT2D eigenvalue weighted by molar-refractivity contribution is 7.96. The number of allylic oxidation sites excluding steroid dienone is 4. The van der Waals surface area contributed by atoms with Gasteiger partial charge in [-0.3, -0.25) is 9.40 Å². The van der Waals surface area contributed by atoms with E-state index in [-0.39, 0.29) is 10.7 Å². The van der Waals surface area contributed by atoms with Gasteiger partial charge in [0.15, 0.2) is 5.82 Å². The zero-order valence-corrected chi connectivity index (χ0v) is 19.0. The van der Waals surface area contributed by atoms with Gasteiger partial charge in [0.25, 0.3) is 10.0 Å². The van der Waals surface area contributed by atoms with Gasteiger partial charge in [-0.2, -0.15) is 10.4 Å². The summed E-state index contributed by atoms with van der Waals surface area (Å²) in [6, 6.07) is 14.7. The highest BCUT2D eigenvalue weighted by Gasteiger charge is 2.22. The summed E-state index contributed by atoms with van der Waals surface area (Å²) < 4.78 is 36.0. The summed E-state index contributed by atoms with van der Waals surface area (Å²) in [6.07, 6.45) is 4.64. The normalized spacial score (nSPS) is 12.4. The lowest BCUT2D eigenvalue weighted by molar-refractivity contribution is 0.420. The smallest absolute Gasteiger partial charge is 0.262 e. The van der Waals surface area contributed by atoms with Crippen molar-refractivity contribution in [3.05, 3.63) is 88.9 Å².